The average molecular weight is 416 g/mol. The van der Waals surface area contributed by atoms with Crippen LogP contribution in [0.5, 0.6) is 0 Å². The molecule has 1 atom stereocenters. The molecule has 152 valence electrons. The lowest BCUT2D eigenvalue weighted by Gasteiger charge is -2.34. The molecule has 1 aliphatic rings. The third-order valence-electron chi connectivity index (χ3n) is 4.95. The van der Waals surface area contributed by atoms with Gasteiger partial charge in [0.2, 0.25) is 15.9 Å². The minimum atomic E-state index is -3.69. The molecule has 1 amide bonds. The van der Waals surface area contributed by atoms with Crippen molar-refractivity contribution in [2.75, 3.05) is 31.5 Å². The maximum atomic E-state index is 12.8. The van der Waals surface area contributed by atoms with E-state index in [1.54, 1.807) is 19.9 Å². The van der Waals surface area contributed by atoms with Crippen LogP contribution < -0.4 is 5.32 Å². The Hall–Kier alpha value is -1.15. The second kappa shape index (κ2) is 9.87. The fourth-order valence-electron chi connectivity index (χ4n) is 3.55. The number of halogens is 1. The first-order valence-electron chi connectivity index (χ1n) is 9.69. The molecule has 0 saturated carbocycles. The molecule has 2 rings (SSSR count). The van der Waals surface area contributed by atoms with Gasteiger partial charge in [0.15, 0.2) is 0 Å². The zero-order valence-corrected chi connectivity index (χ0v) is 17.9. The highest BCUT2D eigenvalue weighted by molar-refractivity contribution is 7.89. The second-order valence-electron chi connectivity index (χ2n) is 6.77. The SMILES string of the molecule is CCCN1CCCCC1C(=O)Nc1ccc(Cl)c(S(=O)(=O)N(CC)CC)c1. The molecule has 27 heavy (non-hydrogen) atoms. The van der Waals surface area contributed by atoms with E-state index in [1.165, 1.54) is 16.4 Å². The standard InChI is InChI=1S/C19H30ClN3O3S/c1-4-12-22-13-8-7-9-17(22)19(24)21-15-10-11-16(20)18(14-15)27(25,26)23(5-2)6-3/h10-11,14,17H,4-9,12-13H2,1-3H3,(H,21,24). The summed E-state index contributed by atoms with van der Waals surface area (Å²) in [7, 11) is -3.69. The van der Waals surface area contributed by atoms with Crippen molar-refractivity contribution in [3.05, 3.63) is 23.2 Å². The number of amides is 1. The highest BCUT2D eigenvalue weighted by atomic mass is 35.5. The van der Waals surface area contributed by atoms with Crippen molar-refractivity contribution in [3.63, 3.8) is 0 Å². The molecule has 0 aliphatic carbocycles. The molecular weight excluding hydrogens is 386 g/mol. The number of nitrogens with one attached hydrogen (secondary N) is 1. The molecule has 1 heterocycles. The fraction of sp³-hybridized carbons (Fsp3) is 0.632. The number of benzene rings is 1. The summed E-state index contributed by atoms with van der Waals surface area (Å²) in [6.45, 7) is 8.21. The Kier molecular flexibility index (Phi) is 8.09. The highest BCUT2D eigenvalue weighted by Gasteiger charge is 2.29. The van der Waals surface area contributed by atoms with Crippen LogP contribution in [-0.2, 0) is 14.8 Å². The molecule has 1 aromatic carbocycles. The molecule has 0 radical (unpaired) electrons. The summed E-state index contributed by atoms with van der Waals surface area (Å²) in [5.41, 5.74) is 0.456. The highest BCUT2D eigenvalue weighted by Crippen LogP contribution is 2.28. The lowest BCUT2D eigenvalue weighted by atomic mass is 10.0. The summed E-state index contributed by atoms with van der Waals surface area (Å²) in [5, 5.41) is 3.05. The number of hydrogen-bond acceptors (Lipinski definition) is 4. The van der Waals surface area contributed by atoms with E-state index in [9.17, 15) is 13.2 Å². The Morgan fingerprint density at radius 1 is 1.26 bits per heavy atom. The van der Waals surface area contributed by atoms with Gasteiger partial charge in [-0.2, -0.15) is 4.31 Å². The first-order chi connectivity index (χ1) is 12.8. The molecular formula is C19H30ClN3O3S. The van der Waals surface area contributed by atoms with Gasteiger partial charge >= 0.3 is 0 Å². The first kappa shape index (κ1) is 22.1. The van der Waals surface area contributed by atoms with E-state index < -0.39 is 10.0 Å². The van der Waals surface area contributed by atoms with Crippen molar-refractivity contribution in [2.45, 2.75) is 57.4 Å². The van der Waals surface area contributed by atoms with Crippen LogP contribution >= 0.6 is 11.6 Å². The van der Waals surface area contributed by atoms with Gasteiger partial charge in [-0.3, -0.25) is 9.69 Å². The van der Waals surface area contributed by atoms with Gasteiger partial charge in [0.1, 0.15) is 4.90 Å². The van der Waals surface area contributed by atoms with Crippen LogP contribution in [0.15, 0.2) is 23.1 Å². The van der Waals surface area contributed by atoms with Crippen molar-refractivity contribution in [1.82, 2.24) is 9.21 Å². The van der Waals surface area contributed by atoms with Gasteiger partial charge in [-0.1, -0.05) is 38.8 Å². The van der Waals surface area contributed by atoms with E-state index in [1.807, 2.05) is 0 Å². The summed E-state index contributed by atoms with van der Waals surface area (Å²) < 4.78 is 27.0. The Bertz CT molecular complexity index is 749. The van der Waals surface area contributed by atoms with Crippen molar-refractivity contribution < 1.29 is 13.2 Å². The topological polar surface area (TPSA) is 69.7 Å². The summed E-state index contributed by atoms with van der Waals surface area (Å²) in [6.07, 6.45) is 3.96. The third-order valence-corrected chi connectivity index (χ3v) is 7.48. The number of carbonyl (C=O) groups is 1. The predicted octanol–water partition coefficient (Wildman–Crippen LogP) is 3.57. The molecule has 8 heteroatoms. The van der Waals surface area contributed by atoms with Crippen LogP contribution in [-0.4, -0.2) is 55.8 Å². The van der Waals surface area contributed by atoms with Crippen LogP contribution in [0, 0.1) is 0 Å². The van der Waals surface area contributed by atoms with E-state index in [4.69, 9.17) is 11.6 Å². The molecule has 1 aromatic rings. The zero-order chi connectivity index (χ0) is 20.0. The van der Waals surface area contributed by atoms with Crippen LogP contribution in [0.1, 0.15) is 46.5 Å². The number of sulfonamides is 1. The number of anilines is 1. The molecule has 0 spiro atoms. The number of likely N-dealkylation sites (tertiary alicyclic amines) is 1. The van der Waals surface area contributed by atoms with Gasteiger partial charge in [-0.25, -0.2) is 8.42 Å². The van der Waals surface area contributed by atoms with Gasteiger partial charge in [0.05, 0.1) is 11.1 Å². The van der Waals surface area contributed by atoms with Crippen LogP contribution in [0.4, 0.5) is 5.69 Å². The molecule has 0 bridgehead atoms. The number of rotatable bonds is 8. The number of nitrogens with zero attached hydrogens (tertiary/aromatic N) is 2. The molecule has 1 saturated heterocycles. The van der Waals surface area contributed by atoms with Gasteiger partial charge in [0, 0.05) is 18.8 Å². The van der Waals surface area contributed by atoms with Crippen LogP contribution in [0.25, 0.3) is 0 Å². The van der Waals surface area contributed by atoms with E-state index in [2.05, 4.69) is 17.1 Å². The maximum Gasteiger partial charge on any atom is 0.244 e. The minimum Gasteiger partial charge on any atom is -0.325 e. The van der Waals surface area contributed by atoms with Gasteiger partial charge in [0.25, 0.3) is 0 Å². The monoisotopic (exact) mass is 415 g/mol. The normalized spacial score (nSPS) is 18.6. The second-order valence-corrected chi connectivity index (χ2v) is 9.08. The zero-order valence-electron chi connectivity index (χ0n) is 16.4. The Morgan fingerprint density at radius 3 is 2.59 bits per heavy atom. The molecule has 0 aromatic heterocycles. The van der Waals surface area contributed by atoms with Crippen molar-refractivity contribution in [3.8, 4) is 0 Å². The molecule has 1 N–H and O–H groups in total. The molecule has 1 aliphatic heterocycles. The summed E-state index contributed by atoms with van der Waals surface area (Å²) in [5.74, 6) is -0.0864. The quantitative estimate of drug-likeness (QED) is 0.704. The van der Waals surface area contributed by atoms with E-state index in [-0.39, 0.29) is 21.9 Å². The minimum absolute atomic E-state index is 0.0275. The van der Waals surface area contributed by atoms with Crippen LogP contribution in [0.2, 0.25) is 5.02 Å². The van der Waals surface area contributed by atoms with Crippen LogP contribution in [0.3, 0.4) is 0 Å². The van der Waals surface area contributed by atoms with Crippen molar-refractivity contribution in [1.29, 1.82) is 0 Å². The predicted molar refractivity (Wildman–Crippen MR) is 110 cm³/mol. The first-order valence-corrected chi connectivity index (χ1v) is 11.5. The Morgan fingerprint density at radius 2 is 1.96 bits per heavy atom. The number of hydrogen-bond donors (Lipinski definition) is 1. The Labute approximate surface area is 167 Å². The van der Waals surface area contributed by atoms with Crippen molar-refractivity contribution in [2.24, 2.45) is 0 Å². The average Bonchev–Trinajstić information content (AvgIpc) is 2.64. The summed E-state index contributed by atoms with van der Waals surface area (Å²) in [6, 6.07) is 4.46. The van der Waals surface area contributed by atoms with Gasteiger partial charge in [-0.15, -0.1) is 0 Å². The summed E-state index contributed by atoms with van der Waals surface area (Å²) >= 11 is 6.16. The largest absolute Gasteiger partial charge is 0.325 e. The fourth-order valence-corrected chi connectivity index (χ4v) is 5.51. The smallest absolute Gasteiger partial charge is 0.244 e. The number of carbonyl (C=O) groups excluding carboxylic acids is 1. The Balaban J connectivity index is 2.24. The van der Waals surface area contributed by atoms with E-state index in [0.717, 1.165) is 38.8 Å². The van der Waals surface area contributed by atoms with Gasteiger partial charge in [-0.05, 0) is 50.6 Å². The lowest BCUT2D eigenvalue weighted by Crippen LogP contribution is -2.47. The maximum absolute atomic E-state index is 12.8. The molecule has 1 fully saturated rings. The van der Waals surface area contributed by atoms with E-state index in [0.29, 0.717) is 18.8 Å². The third kappa shape index (κ3) is 5.22. The van der Waals surface area contributed by atoms with Gasteiger partial charge < -0.3 is 5.32 Å². The number of piperidine rings is 1. The lowest BCUT2D eigenvalue weighted by molar-refractivity contribution is -0.122. The van der Waals surface area contributed by atoms with Crippen molar-refractivity contribution >= 4 is 33.2 Å². The molecule has 1 unspecified atom stereocenters. The molecule has 6 nitrogen and oxygen atoms in total. The summed E-state index contributed by atoms with van der Waals surface area (Å²) in [4.78, 5) is 15.0. The van der Waals surface area contributed by atoms with E-state index >= 15 is 0 Å².